The Labute approximate surface area is 102 Å². The van der Waals surface area contributed by atoms with Gasteiger partial charge in [-0.15, -0.1) is 18.2 Å². The van der Waals surface area contributed by atoms with Crippen LogP contribution in [0.3, 0.4) is 0 Å². The minimum atomic E-state index is -0.179. The molecule has 1 aliphatic heterocycles. The highest BCUT2D eigenvalue weighted by Gasteiger charge is 2.33. The summed E-state index contributed by atoms with van der Waals surface area (Å²) in [6.07, 6.45) is 7.00. The van der Waals surface area contributed by atoms with Crippen LogP contribution in [0.4, 0.5) is 0 Å². The van der Waals surface area contributed by atoms with Crippen LogP contribution in [-0.2, 0) is 4.79 Å². The molecule has 0 bridgehead atoms. The molecule has 0 aromatic rings. The standard InChI is InChI=1S/C12H20N2OS/c1-3-9-16-10-8-14-11(15)12(2)4-6-13-7-5-12/h1,13H,4-10H2,2H3,(H,14,15). The van der Waals surface area contributed by atoms with Gasteiger partial charge in [0.25, 0.3) is 0 Å². The van der Waals surface area contributed by atoms with Gasteiger partial charge in [-0.1, -0.05) is 12.8 Å². The minimum Gasteiger partial charge on any atom is -0.355 e. The summed E-state index contributed by atoms with van der Waals surface area (Å²) in [5, 5.41) is 6.27. The first-order valence-corrected chi connectivity index (χ1v) is 6.85. The van der Waals surface area contributed by atoms with Crippen molar-refractivity contribution in [3.63, 3.8) is 0 Å². The van der Waals surface area contributed by atoms with E-state index in [0.29, 0.717) is 6.54 Å². The normalized spacial score (nSPS) is 18.8. The second-order valence-corrected chi connectivity index (χ2v) is 5.43. The third-order valence-corrected chi connectivity index (χ3v) is 3.84. The molecule has 4 heteroatoms. The number of piperidine rings is 1. The lowest BCUT2D eigenvalue weighted by Crippen LogP contribution is -2.46. The molecule has 1 saturated heterocycles. The summed E-state index contributed by atoms with van der Waals surface area (Å²) in [6.45, 7) is 4.65. The van der Waals surface area contributed by atoms with Gasteiger partial charge in [0, 0.05) is 17.7 Å². The Morgan fingerprint density at radius 1 is 1.56 bits per heavy atom. The van der Waals surface area contributed by atoms with Gasteiger partial charge in [0.1, 0.15) is 0 Å². The minimum absolute atomic E-state index is 0.179. The van der Waals surface area contributed by atoms with Crippen LogP contribution in [0.2, 0.25) is 0 Å². The molecule has 0 aliphatic carbocycles. The number of carbonyl (C=O) groups excluding carboxylic acids is 1. The molecule has 0 aromatic carbocycles. The Morgan fingerprint density at radius 2 is 2.25 bits per heavy atom. The van der Waals surface area contributed by atoms with E-state index in [-0.39, 0.29) is 11.3 Å². The Bertz CT molecular complexity index is 267. The first kappa shape index (κ1) is 13.4. The van der Waals surface area contributed by atoms with Crippen molar-refractivity contribution in [1.82, 2.24) is 10.6 Å². The summed E-state index contributed by atoms with van der Waals surface area (Å²) in [6, 6.07) is 0. The maximum Gasteiger partial charge on any atom is 0.226 e. The summed E-state index contributed by atoms with van der Waals surface area (Å²) < 4.78 is 0. The van der Waals surface area contributed by atoms with Crippen molar-refractivity contribution in [2.75, 3.05) is 31.1 Å². The van der Waals surface area contributed by atoms with Crippen molar-refractivity contribution in [2.24, 2.45) is 5.41 Å². The van der Waals surface area contributed by atoms with E-state index >= 15 is 0 Å². The van der Waals surface area contributed by atoms with Gasteiger partial charge >= 0.3 is 0 Å². The fourth-order valence-electron chi connectivity index (χ4n) is 1.79. The van der Waals surface area contributed by atoms with Gasteiger partial charge in [-0.3, -0.25) is 4.79 Å². The van der Waals surface area contributed by atoms with Crippen LogP contribution in [0.15, 0.2) is 0 Å². The van der Waals surface area contributed by atoms with Crippen LogP contribution < -0.4 is 10.6 Å². The molecular formula is C12H20N2OS. The quantitative estimate of drug-likeness (QED) is 0.553. The van der Waals surface area contributed by atoms with Crippen LogP contribution in [0.25, 0.3) is 0 Å². The van der Waals surface area contributed by atoms with Crippen molar-refractivity contribution >= 4 is 17.7 Å². The number of hydrogen-bond acceptors (Lipinski definition) is 3. The zero-order chi connectivity index (χ0) is 11.9. The van der Waals surface area contributed by atoms with Gasteiger partial charge in [-0.25, -0.2) is 0 Å². The molecule has 3 nitrogen and oxygen atoms in total. The lowest BCUT2D eigenvalue weighted by atomic mass is 9.80. The van der Waals surface area contributed by atoms with E-state index in [0.717, 1.165) is 37.4 Å². The molecule has 0 spiro atoms. The third kappa shape index (κ3) is 4.07. The maximum absolute atomic E-state index is 12.0. The molecular weight excluding hydrogens is 220 g/mol. The van der Waals surface area contributed by atoms with Gasteiger partial charge in [0.2, 0.25) is 5.91 Å². The predicted octanol–water partition coefficient (Wildman–Crippen LogP) is 0.859. The molecule has 0 atom stereocenters. The number of nitrogens with one attached hydrogen (secondary N) is 2. The van der Waals surface area contributed by atoms with Crippen molar-refractivity contribution < 1.29 is 4.79 Å². The number of thioether (sulfide) groups is 1. The molecule has 1 heterocycles. The van der Waals surface area contributed by atoms with Gasteiger partial charge in [0.15, 0.2) is 0 Å². The van der Waals surface area contributed by atoms with Crippen LogP contribution in [0, 0.1) is 17.8 Å². The molecule has 0 unspecified atom stereocenters. The highest BCUT2D eigenvalue weighted by Crippen LogP contribution is 2.27. The first-order chi connectivity index (χ1) is 7.69. The van der Waals surface area contributed by atoms with Crippen LogP contribution in [0.5, 0.6) is 0 Å². The molecule has 90 valence electrons. The van der Waals surface area contributed by atoms with Gasteiger partial charge in [-0.2, -0.15) is 0 Å². The summed E-state index contributed by atoms with van der Waals surface area (Å²) in [7, 11) is 0. The van der Waals surface area contributed by atoms with E-state index in [2.05, 4.69) is 23.5 Å². The SMILES string of the molecule is C#CCSCCNC(=O)C1(C)CCNCC1. The summed E-state index contributed by atoms with van der Waals surface area (Å²) in [5.74, 6) is 4.37. The molecule has 2 N–H and O–H groups in total. The van der Waals surface area contributed by atoms with Crippen LogP contribution in [-0.4, -0.2) is 37.0 Å². The monoisotopic (exact) mass is 240 g/mol. The third-order valence-electron chi connectivity index (χ3n) is 2.97. The molecule has 0 radical (unpaired) electrons. The van der Waals surface area contributed by atoms with E-state index in [1.165, 1.54) is 0 Å². The number of carbonyl (C=O) groups is 1. The van der Waals surface area contributed by atoms with Gasteiger partial charge < -0.3 is 10.6 Å². The van der Waals surface area contributed by atoms with Crippen molar-refractivity contribution in [1.29, 1.82) is 0 Å². The molecule has 1 aliphatic rings. The number of rotatable bonds is 5. The average Bonchev–Trinajstić information content (AvgIpc) is 2.29. The van der Waals surface area contributed by atoms with E-state index in [1.807, 2.05) is 0 Å². The second-order valence-electron chi connectivity index (χ2n) is 4.32. The fourth-order valence-corrected chi connectivity index (χ4v) is 2.30. The Morgan fingerprint density at radius 3 is 2.88 bits per heavy atom. The topological polar surface area (TPSA) is 41.1 Å². The van der Waals surface area contributed by atoms with Crippen molar-refractivity contribution in [3.8, 4) is 12.3 Å². The lowest BCUT2D eigenvalue weighted by molar-refractivity contribution is -0.131. The zero-order valence-corrected chi connectivity index (χ0v) is 10.7. The van der Waals surface area contributed by atoms with Crippen molar-refractivity contribution in [3.05, 3.63) is 0 Å². The van der Waals surface area contributed by atoms with E-state index in [9.17, 15) is 4.79 Å². The summed E-state index contributed by atoms with van der Waals surface area (Å²) in [5.41, 5.74) is -0.179. The molecule has 1 rings (SSSR count). The fraction of sp³-hybridized carbons (Fsp3) is 0.750. The zero-order valence-electron chi connectivity index (χ0n) is 9.84. The summed E-state index contributed by atoms with van der Waals surface area (Å²) >= 11 is 1.68. The van der Waals surface area contributed by atoms with Crippen molar-refractivity contribution in [2.45, 2.75) is 19.8 Å². The smallest absolute Gasteiger partial charge is 0.226 e. The number of hydrogen-bond donors (Lipinski definition) is 2. The van der Waals surface area contributed by atoms with Crippen LogP contribution in [0.1, 0.15) is 19.8 Å². The number of amides is 1. The largest absolute Gasteiger partial charge is 0.355 e. The molecule has 0 saturated carbocycles. The first-order valence-electron chi connectivity index (χ1n) is 5.69. The van der Waals surface area contributed by atoms with E-state index < -0.39 is 0 Å². The predicted molar refractivity (Wildman–Crippen MR) is 69.4 cm³/mol. The van der Waals surface area contributed by atoms with Gasteiger partial charge in [0.05, 0.1) is 5.75 Å². The van der Waals surface area contributed by atoms with E-state index in [4.69, 9.17) is 6.42 Å². The molecule has 0 aromatic heterocycles. The average molecular weight is 240 g/mol. The Hall–Kier alpha value is -0.660. The molecule has 1 fully saturated rings. The lowest BCUT2D eigenvalue weighted by Gasteiger charge is -2.32. The second kappa shape index (κ2) is 6.82. The highest BCUT2D eigenvalue weighted by molar-refractivity contribution is 7.99. The Balaban J connectivity index is 2.21. The van der Waals surface area contributed by atoms with Crippen LogP contribution >= 0.6 is 11.8 Å². The number of terminal acetylenes is 1. The Kier molecular flexibility index (Phi) is 5.72. The molecule has 16 heavy (non-hydrogen) atoms. The molecule has 1 amide bonds. The van der Waals surface area contributed by atoms with Gasteiger partial charge in [-0.05, 0) is 25.9 Å². The maximum atomic E-state index is 12.0. The summed E-state index contributed by atoms with van der Waals surface area (Å²) in [4.78, 5) is 12.0. The van der Waals surface area contributed by atoms with E-state index in [1.54, 1.807) is 11.8 Å². The highest BCUT2D eigenvalue weighted by atomic mass is 32.2.